The number of hydrogen-bond acceptors (Lipinski definition) is 9. The molecule has 10 nitrogen and oxygen atoms in total. The number of nitrogens with zero attached hydrogens (tertiary/aromatic N) is 5. The number of amides is 3. The van der Waals surface area contributed by atoms with Crippen molar-refractivity contribution in [3.05, 3.63) is 58.2 Å². The van der Waals surface area contributed by atoms with Gasteiger partial charge in [0.05, 0.1) is 20.7 Å². The van der Waals surface area contributed by atoms with E-state index in [1.807, 2.05) is 11.9 Å². The molecule has 0 aliphatic carbocycles. The van der Waals surface area contributed by atoms with Crippen molar-refractivity contribution in [3.8, 4) is 0 Å². The first-order chi connectivity index (χ1) is 19.2. The molecule has 1 aliphatic rings. The molecule has 40 heavy (non-hydrogen) atoms. The normalized spacial score (nSPS) is 14.3. The molecule has 4 heterocycles. The van der Waals surface area contributed by atoms with Crippen LogP contribution in [0.2, 0.25) is 0 Å². The van der Waals surface area contributed by atoms with E-state index >= 15 is 0 Å². The van der Waals surface area contributed by atoms with Crippen LogP contribution in [0.3, 0.4) is 0 Å². The Morgan fingerprint density at radius 3 is 2.60 bits per heavy atom. The van der Waals surface area contributed by atoms with Crippen LogP contribution in [0.5, 0.6) is 0 Å². The summed E-state index contributed by atoms with van der Waals surface area (Å²) in [5.74, 6) is 0.639. The van der Waals surface area contributed by atoms with Crippen LogP contribution >= 0.6 is 22.7 Å². The summed E-state index contributed by atoms with van der Waals surface area (Å²) in [4.78, 5) is 43.6. The molecule has 1 aliphatic heterocycles. The van der Waals surface area contributed by atoms with E-state index in [2.05, 4.69) is 35.8 Å². The smallest absolute Gasteiger partial charge is 0.368 e. The van der Waals surface area contributed by atoms with E-state index in [1.165, 1.54) is 41.1 Å². The lowest BCUT2D eigenvalue weighted by Gasteiger charge is -2.32. The monoisotopic (exact) mass is 590 g/mol. The molecule has 1 fully saturated rings. The number of benzene rings is 1. The van der Waals surface area contributed by atoms with Crippen molar-refractivity contribution in [2.45, 2.75) is 12.6 Å². The Kier molecular flexibility index (Phi) is 8.14. The standard InChI is InChI=1S/C25H25F3N8O2S2/c1-35-7-9-36(10-8-35)22(37)19-12-18-20(40-19)21(32-14-31-18)29-6-5-17-13-30-24(39-17)34-23(38)33-16-4-2-3-15(11-16)25(26,27)28/h2-4,11-14H,5-10H2,1H3,(H,29,31,32)(H2,30,33,34,38). The molecule has 0 saturated carbocycles. The number of carbonyl (C=O) groups excluding carboxylic acids is 2. The fourth-order valence-electron chi connectivity index (χ4n) is 4.07. The summed E-state index contributed by atoms with van der Waals surface area (Å²) in [7, 11) is 2.04. The molecular formula is C25H25F3N8O2S2. The second kappa shape index (κ2) is 11.7. The topological polar surface area (TPSA) is 115 Å². The molecule has 0 atom stereocenters. The van der Waals surface area contributed by atoms with Crippen molar-refractivity contribution in [2.75, 3.05) is 55.7 Å². The van der Waals surface area contributed by atoms with Gasteiger partial charge >= 0.3 is 12.2 Å². The largest absolute Gasteiger partial charge is 0.416 e. The lowest BCUT2D eigenvalue weighted by Crippen LogP contribution is -2.46. The zero-order valence-electron chi connectivity index (χ0n) is 21.3. The minimum absolute atomic E-state index is 0.00355. The predicted molar refractivity (Wildman–Crippen MR) is 149 cm³/mol. The Labute approximate surface area is 235 Å². The number of piperazine rings is 1. The van der Waals surface area contributed by atoms with E-state index in [4.69, 9.17) is 0 Å². The van der Waals surface area contributed by atoms with Gasteiger partial charge in [-0.25, -0.2) is 19.7 Å². The van der Waals surface area contributed by atoms with Gasteiger partial charge in [0.15, 0.2) is 5.13 Å². The Bertz CT molecular complexity index is 1520. The van der Waals surface area contributed by atoms with Crippen LogP contribution in [-0.4, -0.2) is 76.5 Å². The number of thiazole rings is 1. The second-order valence-electron chi connectivity index (χ2n) is 9.11. The second-order valence-corrected chi connectivity index (χ2v) is 11.3. The Hall–Kier alpha value is -3.82. The van der Waals surface area contributed by atoms with Gasteiger partial charge in [0.2, 0.25) is 0 Å². The molecule has 0 spiro atoms. The summed E-state index contributed by atoms with van der Waals surface area (Å²) >= 11 is 2.62. The molecule has 210 valence electrons. The maximum atomic E-state index is 13.0. The van der Waals surface area contributed by atoms with Gasteiger partial charge in [-0.3, -0.25) is 10.1 Å². The Morgan fingerprint density at radius 1 is 1.02 bits per heavy atom. The van der Waals surface area contributed by atoms with Gasteiger partial charge in [0, 0.05) is 55.9 Å². The first-order valence-electron chi connectivity index (χ1n) is 12.3. The number of thiophene rings is 1. The molecule has 15 heteroatoms. The molecule has 1 saturated heterocycles. The maximum Gasteiger partial charge on any atom is 0.416 e. The van der Waals surface area contributed by atoms with Gasteiger partial charge in [-0.05, 0) is 31.3 Å². The van der Waals surface area contributed by atoms with Gasteiger partial charge < -0.3 is 20.4 Å². The lowest BCUT2D eigenvalue weighted by atomic mass is 10.2. The van der Waals surface area contributed by atoms with Crippen LogP contribution in [0.4, 0.5) is 34.6 Å². The minimum atomic E-state index is -4.50. The summed E-state index contributed by atoms with van der Waals surface area (Å²) in [6, 6.07) is 5.50. The highest BCUT2D eigenvalue weighted by molar-refractivity contribution is 7.21. The number of hydrogen-bond donors (Lipinski definition) is 3. The summed E-state index contributed by atoms with van der Waals surface area (Å²) in [5.41, 5.74) is -0.127. The lowest BCUT2D eigenvalue weighted by molar-refractivity contribution is -0.137. The van der Waals surface area contributed by atoms with Crippen LogP contribution in [0.1, 0.15) is 20.1 Å². The molecule has 3 N–H and O–H groups in total. The average molecular weight is 591 g/mol. The van der Waals surface area contributed by atoms with Crippen molar-refractivity contribution < 1.29 is 22.8 Å². The highest BCUT2D eigenvalue weighted by Gasteiger charge is 2.30. The molecule has 3 amide bonds. The van der Waals surface area contributed by atoms with E-state index in [1.54, 1.807) is 12.3 Å². The summed E-state index contributed by atoms with van der Waals surface area (Å²) < 4.78 is 39.5. The quantitative estimate of drug-likeness (QED) is 0.282. The number of likely N-dealkylation sites (N-methyl/N-ethyl adjacent to an activating group) is 1. The number of urea groups is 1. The first-order valence-corrected chi connectivity index (χ1v) is 14.0. The fourth-order valence-corrected chi connectivity index (χ4v) is 5.92. The van der Waals surface area contributed by atoms with Gasteiger partial charge in [-0.2, -0.15) is 13.2 Å². The Balaban J connectivity index is 1.15. The van der Waals surface area contributed by atoms with Crippen LogP contribution in [0.25, 0.3) is 10.2 Å². The number of anilines is 3. The van der Waals surface area contributed by atoms with Crippen LogP contribution in [0.15, 0.2) is 42.9 Å². The van der Waals surface area contributed by atoms with Crippen molar-refractivity contribution in [1.82, 2.24) is 24.8 Å². The molecular weight excluding hydrogens is 565 g/mol. The van der Waals surface area contributed by atoms with E-state index in [-0.39, 0.29) is 11.6 Å². The Morgan fingerprint density at radius 2 is 1.82 bits per heavy atom. The van der Waals surface area contributed by atoms with E-state index in [0.717, 1.165) is 34.8 Å². The van der Waals surface area contributed by atoms with Crippen LogP contribution < -0.4 is 16.0 Å². The summed E-state index contributed by atoms with van der Waals surface area (Å²) in [5, 5.41) is 8.53. The molecule has 0 unspecified atom stereocenters. The van der Waals surface area contributed by atoms with E-state index in [0.29, 0.717) is 47.4 Å². The third kappa shape index (κ3) is 6.66. The number of rotatable bonds is 7. The first kappa shape index (κ1) is 27.7. The maximum absolute atomic E-state index is 13.0. The van der Waals surface area contributed by atoms with Crippen LogP contribution in [-0.2, 0) is 12.6 Å². The van der Waals surface area contributed by atoms with Crippen LogP contribution in [0, 0.1) is 0 Å². The SMILES string of the molecule is CN1CCN(C(=O)c2cc3ncnc(NCCc4cnc(NC(=O)Nc5cccc(C(F)(F)F)c5)s4)c3s2)CC1. The highest BCUT2D eigenvalue weighted by Crippen LogP contribution is 2.32. The van der Waals surface area contributed by atoms with Crippen molar-refractivity contribution >= 4 is 61.5 Å². The third-order valence-corrected chi connectivity index (χ3v) is 8.29. The number of alkyl halides is 3. The van der Waals surface area contributed by atoms with Gasteiger partial charge in [-0.1, -0.05) is 6.07 Å². The number of fused-ring (bicyclic) bond motifs is 1. The molecule has 3 aromatic heterocycles. The zero-order valence-corrected chi connectivity index (χ0v) is 22.9. The number of nitrogens with one attached hydrogen (secondary N) is 3. The van der Waals surface area contributed by atoms with Crippen molar-refractivity contribution in [1.29, 1.82) is 0 Å². The number of carbonyl (C=O) groups is 2. The molecule has 5 rings (SSSR count). The van der Waals surface area contributed by atoms with E-state index < -0.39 is 17.8 Å². The highest BCUT2D eigenvalue weighted by atomic mass is 32.1. The van der Waals surface area contributed by atoms with Gasteiger partial charge in [0.25, 0.3) is 5.91 Å². The molecule has 4 aromatic rings. The minimum Gasteiger partial charge on any atom is -0.368 e. The number of halogens is 3. The molecule has 0 radical (unpaired) electrons. The average Bonchev–Trinajstić information content (AvgIpc) is 3.56. The number of aromatic nitrogens is 3. The fraction of sp³-hybridized carbons (Fsp3) is 0.320. The zero-order chi connectivity index (χ0) is 28.3. The van der Waals surface area contributed by atoms with Crippen molar-refractivity contribution in [3.63, 3.8) is 0 Å². The van der Waals surface area contributed by atoms with Crippen molar-refractivity contribution in [2.24, 2.45) is 0 Å². The summed E-state index contributed by atoms with van der Waals surface area (Å²) in [6.07, 6.45) is -0.838. The van der Waals surface area contributed by atoms with E-state index in [9.17, 15) is 22.8 Å². The van der Waals surface area contributed by atoms with Gasteiger partial charge in [0.1, 0.15) is 12.1 Å². The summed E-state index contributed by atoms with van der Waals surface area (Å²) in [6.45, 7) is 3.60. The predicted octanol–water partition coefficient (Wildman–Crippen LogP) is 4.85. The third-order valence-electron chi connectivity index (χ3n) is 6.20. The van der Waals surface area contributed by atoms with Gasteiger partial charge in [-0.15, -0.1) is 22.7 Å². The molecule has 0 bridgehead atoms. The molecule has 1 aromatic carbocycles.